The predicted octanol–water partition coefficient (Wildman–Crippen LogP) is 2.88. The van der Waals surface area contributed by atoms with Gasteiger partial charge in [-0.25, -0.2) is 9.59 Å². The summed E-state index contributed by atoms with van der Waals surface area (Å²) in [6.45, 7) is 3.06. The molecular weight excluding hydrogens is 280 g/mol. The van der Waals surface area contributed by atoms with E-state index >= 15 is 0 Å². The third-order valence-corrected chi connectivity index (χ3v) is 3.66. The molecule has 1 fully saturated rings. The van der Waals surface area contributed by atoms with E-state index < -0.39 is 17.7 Å². The number of hydrogen-bond acceptors (Lipinski definition) is 4. The fraction of sp³-hybridized carbons (Fsp3) is 0.333. The number of carbonyl (C=O) groups excluding carboxylic acids is 2. The van der Waals surface area contributed by atoms with Gasteiger partial charge >= 0.3 is 11.9 Å². The molecule has 104 valence electrons. The van der Waals surface area contributed by atoms with Crippen LogP contribution in [0.2, 0.25) is 5.02 Å². The number of fused-ring (bicyclic) bond motifs is 1. The molecule has 3 rings (SSSR count). The zero-order valence-corrected chi connectivity index (χ0v) is 11.9. The van der Waals surface area contributed by atoms with Gasteiger partial charge in [-0.3, -0.25) is 0 Å². The molecule has 1 aromatic rings. The molecule has 20 heavy (non-hydrogen) atoms. The number of allylic oxidation sites excluding steroid dienone is 1. The monoisotopic (exact) mass is 292 g/mol. The van der Waals surface area contributed by atoms with Crippen molar-refractivity contribution in [2.45, 2.75) is 32.5 Å². The first kappa shape index (κ1) is 13.2. The summed E-state index contributed by atoms with van der Waals surface area (Å²) >= 11 is 5.99. The lowest BCUT2D eigenvalue weighted by Gasteiger charge is -2.30. The lowest BCUT2D eigenvalue weighted by Crippen LogP contribution is -2.42. The maximum Gasteiger partial charge on any atom is 0.349 e. The van der Waals surface area contributed by atoms with Crippen molar-refractivity contribution < 1.29 is 19.1 Å². The van der Waals surface area contributed by atoms with Gasteiger partial charge in [0.25, 0.3) is 5.79 Å². The molecule has 5 heteroatoms. The Balaban J connectivity index is 2.11. The number of cyclic esters (lactones) is 2. The summed E-state index contributed by atoms with van der Waals surface area (Å²) in [4.78, 5) is 24.2. The summed E-state index contributed by atoms with van der Waals surface area (Å²) in [5.41, 5.74) is 2.56. The van der Waals surface area contributed by atoms with Gasteiger partial charge in [0.05, 0.1) is 0 Å². The minimum Gasteiger partial charge on any atom is -0.419 e. The number of esters is 2. The highest BCUT2D eigenvalue weighted by atomic mass is 35.5. The van der Waals surface area contributed by atoms with Crippen molar-refractivity contribution in [1.82, 2.24) is 0 Å². The van der Waals surface area contributed by atoms with E-state index in [-0.39, 0.29) is 5.57 Å². The molecule has 2 aliphatic rings. The predicted molar refractivity (Wildman–Crippen MR) is 73.0 cm³/mol. The molecule has 1 saturated heterocycles. The second-order valence-corrected chi connectivity index (χ2v) is 5.77. The first-order valence-corrected chi connectivity index (χ1v) is 6.74. The minimum atomic E-state index is -1.21. The van der Waals surface area contributed by atoms with Gasteiger partial charge < -0.3 is 9.47 Å². The van der Waals surface area contributed by atoms with Crippen molar-refractivity contribution in [3.8, 4) is 0 Å². The molecule has 4 nitrogen and oxygen atoms in total. The van der Waals surface area contributed by atoms with Crippen LogP contribution in [0.4, 0.5) is 0 Å². The van der Waals surface area contributed by atoms with Gasteiger partial charge in [0.1, 0.15) is 5.57 Å². The Labute approximate surface area is 121 Å². The van der Waals surface area contributed by atoms with E-state index in [9.17, 15) is 9.59 Å². The molecule has 0 amide bonds. The second-order valence-electron chi connectivity index (χ2n) is 5.33. The van der Waals surface area contributed by atoms with Gasteiger partial charge in [0.15, 0.2) is 0 Å². The SMILES string of the molecule is CC1(C)OC(=O)C(=C2CCc3ccc(Cl)cc32)C(=O)O1. The average Bonchev–Trinajstić information content (AvgIpc) is 2.70. The van der Waals surface area contributed by atoms with Crippen LogP contribution in [0.5, 0.6) is 0 Å². The van der Waals surface area contributed by atoms with Gasteiger partial charge in [-0.2, -0.15) is 0 Å². The quantitative estimate of drug-likeness (QED) is 0.419. The maximum atomic E-state index is 12.1. The molecule has 0 N–H and O–H groups in total. The number of benzene rings is 1. The Kier molecular flexibility index (Phi) is 2.87. The van der Waals surface area contributed by atoms with Crippen molar-refractivity contribution in [3.63, 3.8) is 0 Å². The highest BCUT2D eigenvalue weighted by Crippen LogP contribution is 2.38. The molecule has 0 radical (unpaired) electrons. The van der Waals surface area contributed by atoms with Crippen LogP contribution in [0, 0.1) is 0 Å². The van der Waals surface area contributed by atoms with Gasteiger partial charge in [0.2, 0.25) is 0 Å². The standard InChI is InChI=1S/C15H13ClO4/c1-15(2)19-13(17)12(14(18)20-15)10-6-4-8-3-5-9(16)7-11(8)10/h3,5,7H,4,6H2,1-2H3. The lowest BCUT2D eigenvalue weighted by atomic mass is 10.0. The molecule has 1 aliphatic heterocycles. The summed E-state index contributed by atoms with van der Waals surface area (Å²) in [7, 11) is 0. The Bertz CT molecular complexity index is 636. The molecular formula is C15H13ClO4. The van der Waals surface area contributed by atoms with Crippen LogP contribution in [-0.4, -0.2) is 17.7 Å². The highest BCUT2D eigenvalue weighted by Gasteiger charge is 2.41. The Morgan fingerprint density at radius 3 is 2.40 bits per heavy atom. The molecule has 1 aromatic carbocycles. The molecule has 1 heterocycles. The maximum absolute atomic E-state index is 12.1. The molecule has 1 aliphatic carbocycles. The largest absolute Gasteiger partial charge is 0.419 e. The van der Waals surface area contributed by atoms with Crippen molar-refractivity contribution >= 4 is 29.1 Å². The van der Waals surface area contributed by atoms with E-state index in [0.717, 1.165) is 17.5 Å². The highest BCUT2D eigenvalue weighted by molar-refractivity contribution is 6.31. The zero-order valence-electron chi connectivity index (χ0n) is 11.2. The number of halogens is 1. The molecule has 0 saturated carbocycles. The molecule has 0 bridgehead atoms. The lowest BCUT2D eigenvalue weighted by molar-refractivity contribution is -0.222. The van der Waals surface area contributed by atoms with Gasteiger partial charge in [-0.1, -0.05) is 17.7 Å². The molecule has 0 unspecified atom stereocenters. The first-order chi connectivity index (χ1) is 9.37. The first-order valence-electron chi connectivity index (χ1n) is 6.36. The van der Waals surface area contributed by atoms with E-state index in [1.54, 1.807) is 12.1 Å². The summed E-state index contributed by atoms with van der Waals surface area (Å²) in [5, 5.41) is 0.571. The van der Waals surface area contributed by atoms with Crippen LogP contribution in [0.3, 0.4) is 0 Å². The van der Waals surface area contributed by atoms with Gasteiger partial charge in [-0.15, -0.1) is 0 Å². The third kappa shape index (κ3) is 2.10. The minimum absolute atomic E-state index is 0.00894. The van der Waals surface area contributed by atoms with Crippen LogP contribution in [0.25, 0.3) is 5.57 Å². The van der Waals surface area contributed by atoms with Gasteiger partial charge in [0, 0.05) is 18.9 Å². The topological polar surface area (TPSA) is 52.6 Å². The third-order valence-electron chi connectivity index (χ3n) is 3.43. The fourth-order valence-corrected chi connectivity index (χ4v) is 2.77. The van der Waals surface area contributed by atoms with Crippen molar-refractivity contribution in [2.24, 2.45) is 0 Å². The van der Waals surface area contributed by atoms with Crippen LogP contribution in [0.15, 0.2) is 23.8 Å². The van der Waals surface area contributed by atoms with Crippen LogP contribution < -0.4 is 0 Å². The van der Waals surface area contributed by atoms with E-state index in [1.165, 1.54) is 13.8 Å². The number of aryl methyl sites for hydroxylation is 1. The fourth-order valence-electron chi connectivity index (χ4n) is 2.60. The average molecular weight is 293 g/mol. The Morgan fingerprint density at radius 1 is 1.10 bits per heavy atom. The van der Waals surface area contributed by atoms with Gasteiger partial charge in [-0.05, 0) is 41.7 Å². The van der Waals surface area contributed by atoms with E-state index in [2.05, 4.69) is 0 Å². The van der Waals surface area contributed by atoms with Crippen LogP contribution in [-0.2, 0) is 25.5 Å². The van der Waals surface area contributed by atoms with E-state index in [0.29, 0.717) is 17.0 Å². The van der Waals surface area contributed by atoms with E-state index in [4.69, 9.17) is 21.1 Å². The summed E-state index contributed by atoms with van der Waals surface area (Å²) in [6, 6.07) is 5.48. The van der Waals surface area contributed by atoms with Crippen LogP contribution in [0.1, 0.15) is 31.4 Å². The summed E-state index contributed by atoms with van der Waals surface area (Å²) < 4.78 is 10.3. The number of rotatable bonds is 0. The molecule has 0 atom stereocenters. The normalized spacial score (nSPS) is 20.6. The summed E-state index contributed by atoms with van der Waals surface area (Å²) in [6.07, 6.45) is 1.38. The summed E-state index contributed by atoms with van der Waals surface area (Å²) in [5.74, 6) is -2.48. The smallest absolute Gasteiger partial charge is 0.349 e. The molecule has 0 spiro atoms. The Morgan fingerprint density at radius 2 is 1.75 bits per heavy atom. The zero-order chi connectivity index (χ0) is 14.5. The van der Waals surface area contributed by atoms with Crippen molar-refractivity contribution in [2.75, 3.05) is 0 Å². The molecule has 0 aromatic heterocycles. The van der Waals surface area contributed by atoms with Crippen molar-refractivity contribution in [1.29, 1.82) is 0 Å². The van der Waals surface area contributed by atoms with Crippen molar-refractivity contribution in [3.05, 3.63) is 39.9 Å². The van der Waals surface area contributed by atoms with E-state index in [1.807, 2.05) is 6.07 Å². The number of ether oxygens (including phenoxy) is 2. The second kappa shape index (κ2) is 4.35. The Hall–Kier alpha value is -1.81. The number of carbonyl (C=O) groups is 2. The van der Waals surface area contributed by atoms with Crippen LogP contribution >= 0.6 is 11.6 Å². The number of hydrogen-bond donors (Lipinski definition) is 0.